The number of carbonyl (C=O) groups excluding carboxylic acids is 1. The van der Waals surface area contributed by atoms with Gasteiger partial charge in [0.1, 0.15) is 11.5 Å². The highest BCUT2D eigenvalue weighted by Crippen LogP contribution is 2.30. The molecule has 0 aliphatic carbocycles. The van der Waals surface area contributed by atoms with Crippen LogP contribution < -0.4 is 10.1 Å². The second-order valence-corrected chi connectivity index (χ2v) is 7.59. The van der Waals surface area contributed by atoms with E-state index in [9.17, 15) is 4.79 Å². The molecule has 1 N–H and O–H groups in total. The zero-order valence-corrected chi connectivity index (χ0v) is 16.9. The van der Waals surface area contributed by atoms with Crippen LogP contribution in [0.2, 0.25) is 5.02 Å². The fourth-order valence-corrected chi connectivity index (χ4v) is 3.48. The van der Waals surface area contributed by atoms with Crippen LogP contribution in [0.4, 0.5) is 5.69 Å². The Hall–Kier alpha value is -2.45. The summed E-state index contributed by atoms with van der Waals surface area (Å²) in [5, 5.41) is 12.0. The van der Waals surface area contributed by atoms with Crippen molar-refractivity contribution in [1.29, 1.82) is 0 Å². The number of carbonyl (C=O) groups is 1. The number of halogens is 1. The van der Waals surface area contributed by atoms with Gasteiger partial charge in [-0.3, -0.25) is 4.79 Å². The number of nitrogens with one attached hydrogen (secondary N) is 1. The van der Waals surface area contributed by atoms with Crippen LogP contribution in [0, 0.1) is 6.92 Å². The van der Waals surface area contributed by atoms with Gasteiger partial charge in [0.2, 0.25) is 5.91 Å². The minimum atomic E-state index is -0.408. The largest absolute Gasteiger partial charge is 0.495 e. The standard InChI is InChI=1S/C18H19ClN4O3S/c1-10-13(7-8-26-10)16-21-22-18(23(16)3)27-11(2)17(24)20-14-9-12(19)5-6-15(14)25-4/h5-9,11H,1-4H3,(H,20,24). The number of aryl methyl sites for hydroxylation is 1. The molecule has 0 saturated carbocycles. The second-order valence-electron chi connectivity index (χ2n) is 5.85. The summed E-state index contributed by atoms with van der Waals surface area (Å²) < 4.78 is 12.4. The Kier molecular flexibility index (Phi) is 5.76. The minimum Gasteiger partial charge on any atom is -0.495 e. The zero-order valence-electron chi connectivity index (χ0n) is 15.3. The first kappa shape index (κ1) is 19.3. The number of furan rings is 1. The fraction of sp³-hybridized carbons (Fsp3) is 0.278. The molecule has 1 unspecified atom stereocenters. The Morgan fingerprint density at radius 3 is 2.81 bits per heavy atom. The third-order valence-corrected chi connectivity index (χ3v) is 5.37. The number of methoxy groups -OCH3 is 1. The molecule has 0 aliphatic heterocycles. The van der Waals surface area contributed by atoms with E-state index in [1.807, 2.05) is 24.6 Å². The third-order valence-electron chi connectivity index (χ3n) is 4.01. The van der Waals surface area contributed by atoms with Gasteiger partial charge in [-0.25, -0.2) is 0 Å². The van der Waals surface area contributed by atoms with Crippen LogP contribution in [0.25, 0.3) is 11.4 Å². The Balaban J connectivity index is 1.73. The topological polar surface area (TPSA) is 82.2 Å². The molecule has 142 valence electrons. The highest BCUT2D eigenvalue weighted by molar-refractivity contribution is 8.00. The molecule has 2 heterocycles. The van der Waals surface area contributed by atoms with Crippen LogP contribution in [0.5, 0.6) is 5.75 Å². The molecule has 7 nitrogen and oxygen atoms in total. The van der Waals surface area contributed by atoms with Crippen molar-refractivity contribution in [2.45, 2.75) is 24.3 Å². The highest BCUT2D eigenvalue weighted by atomic mass is 35.5. The van der Waals surface area contributed by atoms with Gasteiger partial charge in [-0.2, -0.15) is 0 Å². The summed E-state index contributed by atoms with van der Waals surface area (Å²) in [6, 6.07) is 6.90. The first-order valence-electron chi connectivity index (χ1n) is 8.15. The number of ether oxygens (including phenoxy) is 1. The second kappa shape index (κ2) is 8.06. The lowest BCUT2D eigenvalue weighted by molar-refractivity contribution is -0.115. The minimum absolute atomic E-state index is 0.190. The SMILES string of the molecule is COc1ccc(Cl)cc1NC(=O)C(C)Sc1nnc(-c2ccoc2C)n1C. The van der Waals surface area contributed by atoms with Crippen LogP contribution in [0.3, 0.4) is 0 Å². The Morgan fingerprint density at radius 1 is 1.37 bits per heavy atom. The summed E-state index contributed by atoms with van der Waals surface area (Å²) in [7, 11) is 3.39. The molecule has 0 bridgehead atoms. The van der Waals surface area contributed by atoms with E-state index in [-0.39, 0.29) is 5.91 Å². The van der Waals surface area contributed by atoms with E-state index in [1.165, 1.54) is 18.9 Å². The van der Waals surface area contributed by atoms with Crippen LogP contribution in [-0.2, 0) is 11.8 Å². The van der Waals surface area contributed by atoms with Gasteiger partial charge in [0, 0.05) is 12.1 Å². The van der Waals surface area contributed by atoms with Crippen molar-refractivity contribution in [3.8, 4) is 17.1 Å². The molecule has 3 rings (SSSR count). The molecule has 3 aromatic rings. The highest BCUT2D eigenvalue weighted by Gasteiger charge is 2.21. The molecule has 0 fully saturated rings. The fourth-order valence-electron chi connectivity index (χ4n) is 2.49. The van der Waals surface area contributed by atoms with Gasteiger partial charge in [0.05, 0.1) is 29.9 Å². The zero-order chi connectivity index (χ0) is 19.6. The van der Waals surface area contributed by atoms with E-state index >= 15 is 0 Å². The van der Waals surface area contributed by atoms with Gasteiger partial charge < -0.3 is 19.0 Å². The third kappa shape index (κ3) is 4.12. The van der Waals surface area contributed by atoms with Gasteiger partial charge in [-0.05, 0) is 38.1 Å². The van der Waals surface area contributed by atoms with Gasteiger partial charge >= 0.3 is 0 Å². The van der Waals surface area contributed by atoms with E-state index < -0.39 is 5.25 Å². The van der Waals surface area contributed by atoms with Crippen LogP contribution in [0.15, 0.2) is 40.1 Å². The molecule has 1 aromatic carbocycles. The molecule has 2 aromatic heterocycles. The molecule has 0 saturated heterocycles. The number of hydrogen-bond acceptors (Lipinski definition) is 6. The summed E-state index contributed by atoms with van der Waals surface area (Å²) in [6.07, 6.45) is 1.61. The van der Waals surface area contributed by atoms with E-state index in [0.29, 0.717) is 27.4 Å². The lowest BCUT2D eigenvalue weighted by Crippen LogP contribution is -2.23. The van der Waals surface area contributed by atoms with Crippen molar-refractivity contribution in [2.24, 2.45) is 7.05 Å². The van der Waals surface area contributed by atoms with Crippen molar-refractivity contribution in [3.63, 3.8) is 0 Å². The van der Waals surface area contributed by atoms with E-state index in [0.717, 1.165) is 11.3 Å². The predicted octanol–water partition coefficient (Wildman–Crippen LogP) is 4.16. The molecule has 1 atom stereocenters. The van der Waals surface area contributed by atoms with Gasteiger partial charge in [-0.1, -0.05) is 23.4 Å². The molecule has 27 heavy (non-hydrogen) atoms. The summed E-state index contributed by atoms with van der Waals surface area (Å²) in [5.74, 6) is 1.81. The summed E-state index contributed by atoms with van der Waals surface area (Å²) in [4.78, 5) is 12.6. The van der Waals surface area contributed by atoms with E-state index in [2.05, 4.69) is 15.5 Å². The number of nitrogens with zero attached hydrogens (tertiary/aromatic N) is 3. The number of benzene rings is 1. The molecule has 0 radical (unpaired) electrons. The van der Waals surface area contributed by atoms with Crippen molar-refractivity contribution in [1.82, 2.24) is 14.8 Å². The normalized spacial score (nSPS) is 12.0. The number of amides is 1. The molecule has 0 spiro atoms. The summed E-state index contributed by atoms with van der Waals surface area (Å²) in [6.45, 7) is 3.67. The van der Waals surface area contributed by atoms with Crippen molar-refractivity contribution in [2.75, 3.05) is 12.4 Å². The molecule has 9 heteroatoms. The smallest absolute Gasteiger partial charge is 0.237 e. The maximum atomic E-state index is 12.6. The quantitative estimate of drug-likeness (QED) is 0.619. The van der Waals surface area contributed by atoms with Gasteiger partial charge in [0.25, 0.3) is 0 Å². The molecule has 1 amide bonds. The van der Waals surface area contributed by atoms with E-state index in [1.54, 1.807) is 31.4 Å². The number of rotatable bonds is 6. The lowest BCUT2D eigenvalue weighted by Gasteiger charge is -2.14. The number of anilines is 1. The average molecular weight is 407 g/mol. The monoisotopic (exact) mass is 406 g/mol. The first-order chi connectivity index (χ1) is 12.9. The van der Waals surface area contributed by atoms with Gasteiger partial charge in [0.15, 0.2) is 11.0 Å². The summed E-state index contributed by atoms with van der Waals surface area (Å²) in [5.41, 5.74) is 1.40. The maximum absolute atomic E-state index is 12.6. The van der Waals surface area contributed by atoms with Crippen molar-refractivity contribution < 1.29 is 13.9 Å². The van der Waals surface area contributed by atoms with Crippen molar-refractivity contribution in [3.05, 3.63) is 41.3 Å². The van der Waals surface area contributed by atoms with Crippen LogP contribution in [0.1, 0.15) is 12.7 Å². The number of aromatic nitrogens is 3. The Bertz CT molecular complexity index is 969. The lowest BCUT2D eigenvalue weighted by atomic mass is 10.2. The van der Waals surface area contributed by atoms with Crippen LogP contribution >= 0.6 is 23.4 Å². The Labute approximate surface area is 166 Å². The molecule has 0 aliphatic rings. The maximum Gasteiger partial charge on any atom is 0.237 e. The molecular formula is C18H19ClN4O3S. The molecular weight excluding hydrogens is 388 g/mol. The average Bonchev–Trinajstić information content (AvgIpc) is 3.21. The van der Waals surface area contributed by atoms with Crippen molar-refractivity contribution >= 4 is 35.0 Å². The van der Waals surface area contributed by atoms with Gasteiger partial charge in [-0.15, -0.1) is 10.2 Å². The number of thioether (sulfide) groups is 1. The summed E-state index contributed by atoms with van der Waals surface area (Å²) >= 11 is 7.32. The number of hydrogen-bond donors (Lipinski definition) is 1. The predicted molar refractivity (Wildman–Crippen MR) is 105 cm³/mol. The first-order valence-corrected chi connectivity index (χ1v) is 9.41. The van der Waals surface area contributed by atoms with E-state index in [4.69, 9.17) is 20.8 Å². The van der Waals surface area contributed by atoms with Crippen LogP contribution in [-0.4, -0.2) is 33.0 Å². The Morgan fingerprint density at radius 2 is 2.15 bits per heavy atom.